The lowest BCUT2D eigenvalue weighted by Crippen LogP contribution is -2.03. The molecule has 4 nitrogen and oxygen atoms in total. The van der Waals surface area contributed by atoms with Gasteiger partial charge in [0, 0.05) is 10.4 Å². The standard InChI is InChI=1S/C12H13BrN4/c1-7-2-5-9(13)10(6-7)17-11(8-3-4-8)12(14)15-16-17/h2,5-6,8H,3-4,14H2,1H3. The fourth-order valence-electron chi connectivity index (χ4n) is 2.00. The van der Waals surface area contributed by atoms with Crippen LogP contribution in [-0.4, -0.2) is 15.0 Å². The number of anilines is 1. The van der Waals surface area contributed by atoms with E-state index in [0.717, 1.165) is 15.9 Å². The molecule has 1 heterocycles. The van der Waals surface area contributed by atoms with Crippen molar-refractivity contribution in [3.8, 4) is 5.69 Å². The summed E-state index contributed by atoms with van der Waals surface area (Å²) in [5.41, 5.74) is 9.15. The molecular formula is C12H13BrN4. The molecule has 0 amide bonds. The maximum absolute atomic E-state index is 5.90. The summed E-state index contributed by atoms with van der Waals surface area (Å²) in [6.07, 6.45) is 2.36. The molecule has 1 saturated carbocycles. The van der Waals surface area contributed by atoms with Crippen molar-refractivity contribution in [3.63, 3.8) is 0 Å². The number of aromatic nitrogens is 3. The van der Waals surface area contributed by atoms with Crippen molar-refractivity contribution < 1.29 is 0 Å². The van der Waals surface area contributed by atoms with Crippen LogP contribution in [0.15, 0.2) is 22.7 Å². The van der Waals surface area contributed by atoms with Crippen LogP contribution in [-0.2, 0) is 0 Å². The van der Waals surface area contributed by atoms with Crippen molar-refractivity contribution >= 4 is 21.7 Å². The molecule has 0 spiro atoms. The number of nitrogens with two attached hydrogens (primary N) is 1. The number of hydrogen-bond acceptors (Lipinski definition) is 3. The number of aryl methyl sites for hydroxylation is 1. The Labute approximate surface area is 108 Å². The maximum Gasteiger partial charge on any atom is 0.169 e. The molecule has 88 valence electrons. The highest BCUT2D eigenvalue weighted by Gasteiger charge is 2.31. The molecule has 0 bridgehead atoms. The largest absolute Gasteiger partial charge is 0.381 e. The summed E-state index contributed by atoms with van der Waals surface area (Å²) in [4.78, 5) is 0. The molecule has 0 saturated heterocycles. The van der Waals surface area contributed by atoms with Crippen molar-refractivity contribution in [1.29, 1.82) is 0 Å². The molecule has 1 aromatic heterocycles. The fraction of sp³-hybridized carbons (Fsp3) is 0.333. The second-order valence-electron chi connectivity index (χ2n) is 4.50. The van der Waals surface area contributed by atoms with Crippen molar-refractivity contribution in [2.45, 2.75) is 25.7 Å². The summed E-state index contributed by atoms with van der Waals surface area (Å²) in [5, 5.41) is 8.16. The molecule has 1 fully saturated rings. The van der Waals surface area contributed by atoms with Gasteiger partial charge >= 0.3 is 0 Å². The van der Waals surface area contributed by atoms with Gasteiger partial charge in [0.05, 0.1) is 11.4 Å². The van der Waals surface area contributed by atoms with E-state index in [1.165, 1.54) is 18.4 Å². The van der Waals surface area contributed by atoms with E-state index >= 15 is 0 Å². The molecule has 1 aromatic carbocycles. The van der Waals surface area contributed by atoms with Crippen LogP contribution in [0.3, 0.4) is 0 Å². The summed E-state index contributed by atoms with van der Waals surface area (Å²) in [7, 11) is 0. The molecule has 0 radical (unpaired) electrons. The monoisotopic (exact) mass is 292 g/mol. The summed E-state index contributed by atoms with van der Waals surface area (Å²) in [5.74, 6) is 1.08. The lowest BCUT2D eigenvalue weighted by molar-refractivity contribution is 0.760. The van der Waals surface area contributed by atoms with Crippen molar-refractivity contribution in [1.82, 2.24) is 15.0 Å². The Balaban J connectivity index is 2.17. The van der Waals surface area contributed by atoms with Crippen LogP contribution in [0.25, 0.3) is 5.69 Å². The van der Waals surface area contributed by atoms with Gasteiger partial charge < -0.3 is 5.73 Å². The van der Waals surface area contributed by atoms with Gasteiger partial charge in [-0.15, -0.1) is 5.10 Å². The molecule has 0 aliphatic heterocycles. The lowest BCUT2D eigenvalue weighted by atomic mass is 10.2. The molecule has 5 heteroatoms. The van der Waals surface area contributed by atoms with E-state index in [4.69, 9.17) is 5.73 Å². The normalized spacial score (nSPS) is 15.2. The maximum atomic E-state index is 5.90. The SMILES string of the molecule is Cc1ccc(Br)c(-n2nnc(N)c2C2CC2)c1. The van der Waals surface area contributed by atoms with E-state index in [9.17, 15) is 0 Å². The van der Waals surface area contributed by atoms with Crippen molar-refractivity contribution in [2.75, 3.05) is 5.73 Å². The van der Waals surface area contributed by atoms with Crippen molar-refractivity contribution in [3.05, 3.63) is 33.9 Å². The van der Waals surface area contributed by atoms with Crippen LogP contribution in [0.2, 0.25) is 0 Å². The average molecular weight is 293 g/mol. The first-order chi connectivity index (χ1) is 8.16. The third-order valence-corrected chi connectivity index (χ3v) is 3.70. The molecule has 2 aromatic rings. The van der Waals surface area contributed by atoms with Crippen LogP contribution >= 0.6 is 15.9 Å². The Morgan fingerprint density at radius 1 is 1.41 bits per heavy atom. The zero-order valence-electron chi connectivity index (χ0n) is 9.52. The number of nitrogen functional groups attached to an aromatic ring is 1. The summed E-state index contributed by atoms with van der Waals surface area (Å²) >= 11 is 3.55. The second kappa shape index (κ2) is 3.84. The highest BCUT2D eigenvalue weighted by Crippen LogP contribution is 2.43. The van der Waals surface area contributed by atoms with Crippen LogP contribution in [0, 0.1) is 6.92 Å². The fourth-order valence-corrected chi connectivity index (χ4v) is 2.42. The van der Waals surface area contributed by atoms with Gasteiger partial charge in [0.2, 0.25) is 0 Å². The zero-order valence-corrected chi connectivity index (χ0v) is 11.1. The van der Waals surface area contributed by atoms with Crippen LogP contribution in [0.5, 0.6) is 0 Å². The molecule has 0 atom stereocenters. The van der Waals surface area contributed by atoms with E-state index in [1.54, 1.807) is 0 Å². The highest BCUT2D eigenvalue weighted by molar-refractivity contribution is 9.10. The van der Waals surface area contributed by atoms with Gasteiger partial charge in [0.25, 0.3) is 0 Å². The van der Waals surface area contributed by atoms with Crippen LogP contribution < -0.4 is 5.73 Å². The number of halogens is 1. The number of nitrogens with zero attached hydrogens (tertiary/aromatic N) is 3. The third kappa shape index (κ3) is 1.84. The number of rotatable bonds is 2. The predicted molar refractivity (Wildman–Crippen MR) is 70.2 cm³/mol. The predicted octanol–water partition coefficient (Wildman–Crippen LogP) is 2.80. The van der Waals surface area contributed by atoms with E-state index < -0.39 is 0 Å². The van der Waals surface area contributed by atoms with E-state index in [1.807, 2.05) is 10.7 Å². The number of hydrogen-bond donors (Lipinski definition) is 1. The van der Waals surface area contributed by atoms with Gasteiger partial charge in [0.1, 0.15) is 0 Å². The smallest absolute Gasteiger partial charge is 0.169 e. The topological polar surface area (TPSA) is 56.7 Å². The minimum absolute atomic E-state index is 0.525. The Hall–Kier alpha value is -1.36. The zero-order chi connectivity index (χ0) is 12.0. The third-order valence-electron chi connectivity index (χ3n) is 3.03. The van der Waals surface area contributed by atoms with Gasteiger partial charge in [-0.05, 0) is 53.4 Å². The Morgan fingerprint density at radius 2 is 2.18 bits per heavy atom. The molecule has 17 heavy (non-hydrogen) atoms. The van der Waals surface area contributed by atoms with E-state index in [-0.39, 0.29) is 0 Å². The minimum Gasteiger partial charge on any atom is -0.381 e. The van der Waals surface area contributed by atoms with Gasteiger partial charge in [-0.25, -0.2) is 4.68 Å². The summed E-state index contributed by atoms with van der Waals surface area (Å²) < 4.78 is 2.87. The van der Waals surface area contributed by atoms with Crippen LogP contribution in [0.4, 0.5) is 5.82 Å². The van der Waals surface area contributed by atoms with E-state index in [0.29, 0.717) is 11.7 Å². The van der Waals surface area contributed by atoms with Crippen LogP contribution in [0.1, 0.15) is 30.0 Å². The van der Waals surface area contributed by atoms with Gasteiger partial charge in [0.15, 0.2) is 5.82 Å². The van der Waals surface area contributed by atoms with Gasteiger partial charge in [-0.1, -0.05) is 11.3 Å². The lowest BCUT2D eigenvalue weighted by Gasteiger charge is -2.08. The summed E-state index contributed by atoms with van der Waals surface area (Å²) in [6.45, 7) is 2.06. The minimum atomic E-state index is 0.525. The Morgan fingerprint density at radius 3 is 2.88 bits per heavy atom. The molecule has 1 aliphatic rings. The molecule has 1 aliphatic carbocycles. The Bertz CT molecular complexity index is 572. The quantitative estimate of drug-likeness (QED) is 0.926. The van der Waals surface area contributed by atoms with Gasteiger partial charge in [-0.2, -0.15) is 0 Å². The van der Waals surface area contributed by atoms with Crippen molar-refractivity contribution in [2.24, 2.45) is 0 Å². The highest BCUT2D eigenvalue weighted by atomic mass is 79.9. The molecule has 0 unspecified atom stereocenters. The summed E-state index contributed by atoms with van der Waals surface area (Å²) in [6, 6.07) is 6.17. The number of benzene rings is 1. The Kier molecular flexibility index (Phi) is 2.43. The van der Waals surface area contributed by atoms with Gasteiger partial charge in [-0.3, -0.25) is 0 Å². The average Bonchev–Trinajstić information content (AvgIpc) is 3.06. The first-order valence-electron chi connectivity index (χ1n) is 5.64. The first kappa shape index (κ1) is 10.8. The van der Waals surface area contributed by atoms with E-state index in [2.05, 4.69) is 45.3 Å². The molecular weight excluding hydrogens is 280 g/mol. The first-order valence-corrected chi connectivity index (χ1v) is 6.43. The molecule has 3 rings (SSSR count). The second-order valence-corrected chi connectivity index (χ2v) is 5.36. The molecule has 2 N–H and O–H groups in total.